The Morgan fingerprint density at radius 3 is 2.24 bits per heavy atom. The molecule has 0 heterocycles. The first-order valence-corrected chi connectivity index (χ1v) is 7.96. The molecule has 0 spiro atoms. The molecule has 2 aromatic carbocycles. The van der Waals surface area contributed by atoms with E-state index in [1.165, 1.54) is 0 Å². The Bertz CT molecular complexity index is 711. The quantitative estimate of drug-likeness (QED) is 0.506. The molecule has 0 aliphatic rings. The van der Waals surface area contributed by atoms with E-state index < -0.39 is 5.91 Å². The third-order valence-electron chi connectivity index (χ3n) is 3.94. The Labute approximate surface area is 146 Å². The van der Waals surface area contributed by atoms with Crippen LogP contribution in [0.15, 0.2) is 48.5 Å². The summed E-state index contributed by atoms with van der Waals surface area (Å²) in [6, 6.07) is 14.0. The van der Waals surface area contributed by atoms with Crippen LogP contribution in [0.4, 0.5) is 0 Å². The van der Waals surface area contributed by atoms with Gasteiger partial charge in [0.25, 0.3) is 5.91 Å². The first-order valence-electron chi connectivity index (χ1n) is 7.96. The maximum atomic E-state index is 11.9. The third-order valence-corrected chi connectivity index (χ3v) is 3.94. The van der Waals surface area contributed by atoms with Crippen molar-refractivity contribution in [2.24, 2.45) is 0 Å². The molecule has 2 rings (SSSR count). The summed E-state index contributed by atoms with van der Waals surface area (Å²) < 4.78 is 5.13. The first kappa shape index (κ1) is 18.6. The van der Waals surface area contributed by atoms with Crippen molar-refractivity contribution in [3.8, 4) is 5.75 Å². The molecule has 0 radical (unpaired) electrons. The monoisotopic (exact) mass is 342 g/mol. The number of nitrogens with one attached hydrogen (secondary N) is 2. The molecule has 132 valence electrons. The number of Topliss-reactive ketones (excluding diaryl/α,β-unsaturated/α-hetero) is 1. The molecular formula is C19H22N2O4. The lowest BCUT2D eigenvalue weighted by Crippen LogP contribution is -2.29. The van der Waals surface area contributed by atoms with Gasteiger partial charge in [-0.15, -0.1) is 0 Å². The highest BCUT2D eigenvalue weighted by Gasteiger charge is 2.15. The number of ketones is 1. The Hall–Kier alpha value is -2.70. The molecule has 25 heavy (non-hydrogen) atoms. The SMILES string of the molecule is COc1ccc(C(NCCc2ccc(C(=O)NO)cc2)C(C)=O)cc1. The molecule has 1 atom stereocenters. The van der Waals surface area contributed by atoms with Crippen LogP contribution in [0.25, 0.3) is 0 Å². The number of ether oxygens (including phenoxy) is 1. The van der Waals surface area contributed by atoms with Gasteiger partial charge in [-0.3, -0.25) is 14.8 Å². The number of hydroxylamine groups is 1. The third kappa shape index (κ3) is 5.14. The van der Waals surface area contributed by atoms with Crippen molar-refractivity contribution in [3.05, 3.63) is 65.2 Å². The molecule has 0 bridgehead atoms. The van der Waals surface area contributed by atoms with E-state index >= 15 is 0 Å². The molecule has 0 aromatic heterocycles. The standard InChI is InChI=1S/C19H22N2O4/c1-13(22)18(15-7-9-17(25-2)10-8-15)20-12-11-14-3-5-16(6-4-14)19(23)21-24/h3-10,18,20,24H,11-12H2,1-2H3,(H,21,23). The van der Waals surface area contributed by atoms with Gasteiger partial charge in [-0.25, -0.2) is 5.48 Å². The van der Waals surface area contributed by atoms with Crippen molar-refractivity contribution in [2.75, 3.05) is 13.7 Å². The highest BCUT2D eigenvalue weighted by atomic mass is 16.5. The number of rotatable bonds is 8. The molecule has 6 heteroatoms. The Balaban J connectivity index is 1.95. The zero-order valence-electron chi connectivity index (χ0n) is 14.3. The fourth-order valence-electron chi connectivity index (χ4n) is 2.54. The van der Waals surface area contributed by atoms with Crippen molar-refractivity contribution in [1.29, 1.82) is 0 Å². The summed E-state index contributed by atoms with van der Waals surface area (Å²) in [6.07, 6.45) is 0.709. The van der Waals surface area contributed by atoms with Crippen molar-refractivity contribution in [1.82, 2.24) is 10.8 Å². The van der Waals surface area contributed by atoms with E-state index in [-0.39, 0.29) is 11.8 Å². The lowest BCUT2D eigenvalue weighted by atomic mass is 10.0. The Morgan fingerprint density at radius 1 is 1.08 bits per heavy atom. The average Bonchev–Trinajstić information content (AvgIpc) is 2.65. The minimum absolute atomic E-state index is 0.0418. The summed E-state index contributed by atoms with van der Waals surface area (Å²) >= 11 is 0. The van der Waals surface area contributed by atoms with Gasteiger partial charge in [0.15, 0.2) is 5.78 Å². The van der Waals surface area contributed by atoms with Crippen molar-refractivity contribution < 1.29 is 19.5 Å². The predicted molar refractivity (Wildman–Crippen MR) is 93.8 cm³/mol. The molecule has 0 aliphatic carbocycles. The van der Waals surface area contributed by atoms with E-state index in [1.807, 2.05) is 36.4 Å². The summed E-state index contributed by atoms with van der Waals surface area (Å²) in [6.45, 7) is 2.17. The van der Waals surface area contributed by atoms with Gasteiger partial charge in [-0.1, -0.05) is 24.3 Å². The normalized spacial score (nSPS) is 11.6. The second-order valence-corrected chi connectivity index (χ2v) is 5.66. The Kier molecular flexibility index (Phi) is 6.68. The molecule has 0 fully saturated rings. The number of hydrogen-bond acceptors (Lipinski definition) is 5. The highest BCUT2D eigenvalue weighted by Crippen LogP contribution is 2.18. The van der Waals surface area contributed by atoms with Crippen LogP contribution in [0.3, 0.4) is 0 Å². The summed E-state index contributed by atoms with van der Waals surface area (Å²) in [7, 11) is 1.60. The average molecular weight is 342 g/mol. The predicted octanol–water partition coefficient (Wildman–Crippen LogP) is 2.28. The van der Waals surface area contributed by atoms with Crippen LogP contribution >= 0.6 is 0 Å². The van der Waals surface area contributed by atoms with Crippen molar-refractivity contribution in [2.45, 2.75) is 19.4 Å². The minimum atomic E-state index is -0.541. The summed E-state index contributed by atoms with van der Waals surface area (Å²) in [5.74, 6) is 0.249. The zero-order valence-corrected chi connectivity index (χ0v) is 14.3. The highest BCUT2D eigenvalue weighted by molar-refractivity contribution is 5.93. The van der Waals surface area contributed by atoms with Gasteiger partial charge in [0.1, 0.15) is 5.75 Å². The second-order valence-electron chi connectivity index (χ2n) is 5.66. The van der Waals surface area contributed by atoms with Gasteiger partial charge in [0.05, 0.1) is 13.2 Å². The zero-order chi connectivity index (χ0) is 18.2. The van der Waals surface area contributed by atoms with Crippen LogP contribution in [-0.2, 0) is 11.2 Å². The van der Waals surface area contributed by atoms with Crippen LogP contribution in [0, 0.1) is 0 Å². The van der Waals surface area contributed by atoms with E-state index in [1.54, 1.807) is 31.6 Å². The molecule has 1 amide bonds. The molecule has 1 unspecified atom stereocenters. The summed E-state index contributed by atoms with van der Waals surface area (Å²) in [5.41, 5.74) is 3.91. The van der Waals surface area contributed by atoms with Gasteiger partial charge in [-0.05, 0) is 48.7 Å². The number of hydrogen-bond donors (Lipinski definition) is 3. The van der Waals surface area contributed by atoms with Crippen LogP contribution < -0.4 is 15.5 Å². The van der Waals surface area contributed by atoms with Crippen LogP contribution in [0.5, 0.6) is 5.75 Å². The topological polar surface area (TPSA) is 87.7 Å². The lowest BCUT2D eigenvalue weighted by molar-refractivity contribution is -0.119. The summed E-state index contributed by atoms with van der Waals surface area (Å²) in [5, 5.41) is 11.9. The fourth-order valence-corrected chi connectivity index (χ4v) is 2.54. The molecule has 2 aromatic rings. The molecule has 0 aliphatic heterocycles. The number of amides is 1. The van der Waals surface area contributed by atoms with E-state index in [0.717, 1.165) is 16.9 Å². The lowest BCUT2D eigenvalue weighted by Gasteiger charge is -2.17. The number of carbonyl (C=O) groups excluding carboxylic acids is 2. The molecule has 3 N–H and O–H groups in total. The fraction of sp³-hybridized carbons (Fsp3) is 0.263. The minimum Gasteiger partial charge on any atom is -0.497 e. The molecule has 6 nitrogen and oxygen atoms in total. The van der Waals surface area contributed by atoms with Gasteiger partial charge in [-0.2, -0.15) is 0 Å². The smallest absolute Gasteiger partial charge is 0.274 e. The summed E-state index contributed by atoms with van der Waals surface area (Å²) in [4.78, 5) is 23.2. The maximum Gasteiger partial charge on any atom is 0.274 e. The van der Waals surface area contributed by atoms with Crippen LogP contribution in [0.1, 0.15) is 34.5 Å². The first-order chi connectivity index (χ1) is 12.0. The van der Waals surface area contributed by atoms with Crippen molar-refractivity contribution >= 4 is 11.7 Å². The number of methoxy groups -OCH3 is 1. The van der Waals surface area contributed by atoms with Crippen molar-refractivity contribution in [3.63, 3.8) is 0 Å². The number of benzene rings is 2. The maximum absolute atomic E-state index is 11.9. The molecule has 0 saturated heterocycles. The van der Waals surface area contributed by atoms with Crippen LogP contribution in [0.2, 0.25) is 0 Å². The van der Waals surface area contributed by atoms with Gasteiger partial charge >= 0.3 is 0 Å². The Morgan fingerprint density at radius 2 is 1.72 bits per heavy atom. The van der Waals surface area contributed by atoms with Crippen LogP contribution in [-0.4, -0.2) is 30.6 Å². The van der Waals surface area contributed by atoms with E-state index in [9.17, 15) is 9.59 Å². The van der Waals surface area contributed by atoms with Gasteiger partial charge in [0.2, 0.25) is 0 Å². The van der Waals surface area contributed by atoms with Gasteiger partial charge < -0.3 is 10.1 Å². The molecular weight excluding hydrogens is 320 g/mol. The number of carbonyl (C=O) groups is 2. The van der Waals surface area contributed by atoms with E-state index in [4.69, 9.17) is 9.94 Å². The van der Waals surface area contributed by atoms with E-state index in [2.05, 4.69) is 5.32 Å². The van der Waals surface area contributed by atoms with E-state index in [0.29, 0.717) is 18.5 Å². The second kappa shape index (κ2) is 8.96. The van der Waals surface area contributed by atoms with Gasteiger partial charge in [0, 0.05) is 12.1 Å². The molecule has 0 saturated carbocycles. The largest absolute Gasteiger partial charge is 0.497 e.